The number of carbonyl (C=O) groups is 1. The minimum Gasteiger partial charge on any atom is -0.493 e. The van der Waals surface area contributed by atoms with Crippen LogP contribution in [0.4, 0.5) is 8.78 Å². The number of aromatic nitrogens is 2. The van der Waals surface area contributed by atoms with Gasteiger partial charge in [-0.1, -0.05) is 11.2 Å². The molecule has 3 rings (SSSR count). The summed E-state index contributed by atoms with van der Waals surface area (Å²) in [6.07, 6.45) is 0.898. The summed E-state index contributed by atoms with van der Waals surface area (Å²) in [5.41, 5.74) is 0.953. The van der Waals surface area contributed by atoms with E-state index < -0.39 is 24.0 Å². The van der Waals surface area contributed by atoms with E-state index in [1.165, 1.54) is 26.4 Å². The Bertz CT molecular complexity index is 1080. The molecule has 2 aromatic carbocycles. The van der Waals surface area contributed by atoms with Gasteiger partial charge in [-0.25, -0.2) is 8.78 Å². The van der Waals surface area contributed by atoms with Crippen LogP contribution in [0.2, 0.25) is 0 Å². The molecule has 3 aromatic rings. The molecule has 0 unspecified atom stereocenters. The fourth-order valence-electron chi connectivity index (χ4n) is 2.60. The van der Waals surface area contributed by atoms with Gasteiger partial charge in [-0.05, 0) is 42.0 Å². The van der Waals surface area contributed by atoms with Crippen LogP contribution < -0.4 is 9.47 Å². The van der Waals surface area contributed by atoms with Crippen molar-refractivity contribution < 1.29 is 32.7 Å². The van der Waals surface area contributed by atoms with Gasteiger partial charge in [0, 0.05) is 11.1 Å². The molecule has 7 nitrogen and oxygen atoms in total. The fourth-order valence-corrected chi connectivity index (χ4v) is 2.60. The summed E-state index contributed by atoms with van der Waals surface area (Å²) in [7, 11) is 2.99. The van der Waals surface area contributed by atoms with E-state index in [0.717, 1.165) is 12.1 Å². The Hall–Kier alpha value is -3.75. The maximum atomic E-state index is 13.5. The van der Waals surface area contributed by atoms with Gasteiger partial charge in [0.25, 0.3) is 5.89 Å². The van der Waals surface area contributed by atoms with Gasteiger partial charge < -0.3 is 19.1 Å². The minimum atomic E-state index is -1.15. The number of carboxylic acid groups (broad SMARTS) is 1. The third-order valence-electron chi connectivity index (χ3n) is 3.97. The highest BCUT2D eigenvalue weighted by Crippen LogP contribution is 2.32. The van der Waals surface area contributed by atoms with Gasteiger partial charge in [0.1, 0.15) is 0 Å². The van der Waals surface area contributed by atoms with Crippen LogP contribution in [0, 0.1) is 11.6 Å². The molecule has 0 saturated heterocycles. The molecular weight excluding hydrogens is 386 g/mol. The van der Waals surface area contributed by atoms with E-state index in [1.54, 1.807) is 18.2 Å². The second-order valence-corrected chi connectivity index (χ2v) is 5.91. The molecule has 0 aliphatic heterocycles. The molecule has 9 heteroatoms. The van der Waals surface area contributed by atoms with Crippen molar-refractivity contribution >= 4 is 17.6 Å². The first-order chi connectivity index (χ1) is 13.9. The zero-order valence-corrected chi connectivity index (χ0v) is 15.5. The lowest BCUT2D eigenvalue weighted by Crippen LogP contribution is -1.98. The zero-order valence-electron chi connectivity index (χ0n) is 15.5. The van der Waals surface area contributed by atoms with Gasteiger partial charge in [-0.3, -0.25) is 4.79 Å². The van der Waals surface area contributed by atoms with E-state index >= 15 is 0 Å². The Morgan fingerprint density at radius 2 is 1.86 bits per heavy atom. The van der Waals surface area contributed by atoms with E-state index in [0.29, 0.717) is 17.1 Å². The van der Waals surface area contributed by atoms with Crippen molar-refractivity contribution in [2.75, 3.05) is 14.2 Å². The lowest BCUT2D eigenvalue weighted by atomic mass is 10.1. The summed E-state index contributed by atoms with van der Waals surface area (Å²) >= 11 is 0. The molecule has 0 aliphatic rings. The third kappa shape index (κ3) is 4.57. The minimum absolute atomic E-state index is 0.0538. The largest absolute Gasteiger partial charge is 0.493 e. The molecule has 0 saturated carbocycles. The van der Waals surface area contributed by atoms with Crippen LogP contribution in [0.3, 0.4) is 0 Å². The lowest BCUT2D eigenvalue weighted by molar-refractivity contribution is -0.135. The summed E-state index contributed by atoms with van der Waals surface area (Å²) in [5.74, 6) is -2.08. The molecule has 29 heavy (non-hydrogen) atoms. The maximum absolute atomic E-state index is 13.5. The molecule has 0 atom stereocenters. The van der Waals surface area contributed by atoms with Crippen molar-refractivity contribution in [1.82, 2.24) is 10.1 Å². The Balaban J connectivity index is 1.98. The molecule has 0 aliphatic carbocycles. The van der Waals surface area contributed by atoms with Crippen molar-refractivity contribution in [3.05, 3.63) is 59.5 Å². The van der Waals surface area contributed by atoms with Crippen LogP contribution in [-0.2, 0) is 4.79 Å². The standard InChI is InChI=1S/C20H16F2N2O5/c1-27-16-6-4-12(9-17(16)28-2)19-23-20(29-24-19)13(10-18(25)26)7-11-3-5-14(21)15(22)8-11/h3-9H,10H2,1-2H3,(H,25,26)/b13-7+. The third-order valence-corrected chi connectivity index (χ3v) is 3.97. The average molecular weight is 402 g/mol. The maximum Gasteiger partial charge on any atom is 0.308 e. The Morgan fingerprint density at radius 3 is 2.52 bits per heavy atom. The Kier molecular flexibility index (Phi) is 5.87. The van der Waals surface area contributed by atoms with Gasteiger partial charge in [0.2, 0.25) is 5.82 Å². The predicted octanol–water partition coefficient (Wildman–Crippen LogP) is 4.05. The molecule has 1 aromatic heterocycles. The van der Waals surface area contributed by atoms with Crippen LogP contribution in [0.25, 0.3) is 23.0 Å². The van der Waals surface area contributed by atoms with Crippen LogP contribution in [-0.4, -0.2) is 35.4 Å². The van der Waals surface area contributed by atoms with E-state index in [9.17, 15) is 18.7 Å². The van der Waals surface area contributed by atoms with Crippen LogP contribution >= 0.6 is 0 Å². The highest BCUT2D eigenvalue weighted by molar-refractivity contribution is 5.89. The Labute approximate surface area is 164 Å². The number of ether oxygens (including phenoxy) is 2. The normalized spacial score (nSPS) is 11.4. The average Bonchev–Trinajstić information content (AvgIpc) is 3.19. The number of hydrogen-bond acceptors (Lipinski definition) is 6. The number of rotatable bonds is 7. The molecule has 0 amide bonds. The van der Waals surface area contributed by atoms with Crippen molar-refractivity contribution in [2.45, 2.75) is 6.42 Å². The summed E-state index contributed by atoms with van der Waals surface area (Å²) in [6.45, 7) is 0. The van der Waals surface area contributed by atoms with Crippen LogP contribution in [0.15, 0.2) is 40.9 Å². The SMILES string of the molecule is COc1ccc(-c2noc(/C(=C/c3ccc(F)c(F)c3)CC(=O)O)n2)cc1OC. The van der Waals surface area contributed by atoms with Crippen molar-refractivity contribution in [3.63, 3.8) is 0 Å². The number of benzene rings is 2. The van der Waals surface area contributed by atoms with Crippen molar-refractivity contribution in [1.29, 1.82) is 0 Å². The molecule has 0 radical (unpaired) electrons. The summed E-state index contributed by atoms with van der Waals surface area (Å²) in [5, 5.41) is 13.0. The molecular formula is C20H16F2N2O5. The first-order valence-corrected chi connectivity index (χ1v) is 8.35. The molecule has 0 spiro atoms. The first kappa shape index (κ1) is 20.0. The highest BCUT2D eigenvalue weighted by Gasteiger charge is 2.17. The number of halogens is 2. The van der Waals surface area contributed by atoms with Gasteiger partial charge >= 0.3 is 5.97 Å². The second-order valence-electron chi connectivity index (χ2n) is 5.91. The molecule has 1 N–H and O–H groups in total. The van der Waals surface area contributed by atoms with Gasteiger partial charge in [-0.2, -0.15) is 4.98 Å². The number of aliphatic carboxylic acids is 1. The number of nitrogens with zero attached hydrogens (tertiary/aromatic N) is 2. The number of hydrogen-bond donors (Lipinski definition) is 1. The summed E-state index contributed by atoms with van der Waals surface area (Å²) in [6, 6.07) is 8.20. The molecule has 1 heterocycles. The smallest absolute Gasteiger partial charge is 0.308 e. The van der Waals surface area contributed by atoms with Gasteiger partial charge in [0.05, 0.1) is 20.6 Å². The topological polar surface area (TPSA) is 94.7 Å². The Morgan fingerprint density at radius 1 is 1.10 bits per heavy atom. The lowest BCUT2D eigenvalue weighted by Gasteiger charge is -2.07. The van der Waals surface area contributed by atoms with Crippen LogP contribution in [0.5, 0.6) is 11.5 Å². The molecule has 0 bridgehead atoms. The van der Waals surface area contributed by atoms with Crippen molar-refractivity contribution in [3.8, 4) is 22.9 Å². The van der Waals surface area contributed by atoms with Crippen molar-refractivity contribution in [2.24, 2.45) is 0 Å². The number of methoxy groups -OCH3 is 2. The summed E-state index contributed by atoms with van der Waals surface area (Å²) in [4.78, 5) is 15.5. The van der Waals surface area contributed by atoms with E-state index in [-0.39, 0.29) is 22.9 Å². The van der Waals surface area contributed by atoms with Crippen LogP contribution in [0.1, 0.15) is 17.9 Å². The first-order valence-electron chi connectivity index (χ1n) is 8.35. The monoisotopic (exact) mass is 402 g/mol. The van der Waals surface area contributed by atoms with E-state index in [4.69, 9.17) is 14.0 Å². The van der Waals surface area contributed by atoms with Gasteiger partial charge in [-0.15, -0.1) is 0 Å². The quantitative estimate of drug-likeness (QED) is 0.637. The summed E-state index contributed by atoms with van der Waals surface area (Å²) < 4.78 is 42.2. The fraction of sp³-hybridized carbons (Fsp3) is 0.150. The predicted molar refractivity (Wildman–Crippen MR) is 99.3 cm³/mol. The second kappa shape index (κ2) is 8.51. The van der Waals surface area contributed by atoms with E-state index in [2.05, 4.69) is 10.1 Å². The van der Waals surface area contributed by atoms with Gasteiger partial charge in [0.15, 0.2) is 23.1 Å². The van der Waals surface area contributed by atoms with E-state index in [1.807, 2.05) is 0 Å². The highest BCUT2D eigenvalue weighted by atomic mass is 19.2. The number of carboxylic acids is 1. The molecule has 0 fully saturated rings. The molecule has 150 valence electrons. The zero-order chi connectivity index (χ0) is 21.0.